The van der Waals surface area contributed by atoms with Crippen LogP contribution in [0, 0.1) is 0 Å². The van der Waals surface area contributed by atoms with Crippen LogP contribution in [-0.2, 0) is 6.54 Å². The van der Waals surface area contributed by atoms with Crippen LogP contribution in [0.1, 0.15) is 31.2 Å². The summed E-state index contributed by atoms with van der Waals surface area (Å²) < 4.78 is 6.53. The van der Waals surface area contributed by atoms with Crippen molar-refractivity contribution in [2.75, 3.05) is 33.3 Å². The number of ether oxygens (including phenoxy) is 1. The van der Waals surface area contributed by atoms with Crippen molar-refractivity contribution in [2.24, 2.45) is 0 Å². The normalized spacial score (nSPS) is 24.4. The molecule has 1 aromatic rings. The fourth-order valence-electron chi connectivity index (χ4n) is 3.58. The molecule has 1 atom stereocenters. The number of rotatable bonds is 4. The van der Waals surface area contributed by atoms with E-state index < -0.39 is 0 Å². The van der Waals surface area contributed by atoms with Gasteiger partial charge in [0.25, 0.3) is 0 Å². The Labute approximate surface area is 136 Å². The van der Waals surface area contributed by atoms with Crippen molar-refractivity contribution < 1.29 is 4.74 Å². The highest BCUT2D eigenvalue weighted by Crippen LogP contribution is 2.26. The van der Waals surface area contributed by atoms with E-state index in [1.165, 1.54) is 61.9 Å². The minimum absolute atomic E-state index is 0.773. The van der Waals surface area contributed by atoms with Crippen molar-refractivity contribution in [2.45, 2.75) is 38.3 Å². The molecule has 0 N–H and O–H groups in total. The van der Waals surface area contributed by atoms with Gasteiger partial charge in [0.1, 0.15) is 5.75 Å². The number of methoxy groups -OCH3 is 1. The van der Waals surface area contributed by atoms with Gasteiger partial charge in [-0.05, 0) is 56.1 Å². The lowest BCUT2D eigenvalue weighted by Crippen LogP contribution is -2.40. The molecule has 3 nitrogen and oxygen atoms in total. The predicted octanol–water partition coefficient (Wildman–Crippen LogP) is 3.52. The molecule has 2 heterocycles. The van der Waals surface area contributed by atoms with Crippen LogP contribution in [0.3, 0.4) is 0 Å². The summed E-state index contributed by atoms with van der Waals surface area (Å²) in [5.41, 5.74) is 1.33. The third-order valence-corrected chi connectivity index (χ3v) is 5.58. The molecule has 2 saturated heterocycles. The molecule has 0 aliphatic carbocycles. The first-order valence-corrected chi connectivity index (χ1v) is 8.84. The summed E-state index contributed by atoms with van der Waals surface area (Å²) in [4.78, 5) is 5.29. The van der Waals surface area contributed by atoms with Gasteiger partial charge >= 0.3 is 0 Å². The number of hydrogen-bond donors (Lipinski definition) is 0. The molecule has 0 radical (unpaired) electrons. The lowest BCUT2D eigenvalue weighted by molar-refractivity contribution is 0.161. The number of hydrogen-bond acceptors (Lipinski definition) is 3. The summed E-state index contributed by atoms with van der Waals surface area (Å²) in [7, 11) is 1.73. The molecule has 3 rings (SSSR count). The zero-order valence-electron chi connectivity index (χ0n) is 12.9. The van der Waals surface area contributed by atoms with Crippen LogP contribution in [0.4, 0.5) is 0 Å². The Morgan fingerprint density at radius 3 is 2.76 bits per heavy atom. The van der Waals surface area contributed by atoms with E-state index >= 15 is 0 Å². The lowest BCUT2D eigenvalue weighted by atomic mass is 10.1. The van der Waals surface area contributed by atoms with E-state index in [2.05, 4.69) is 37.9 Å². The molecule has 1 aromatic carbocycles. The van der Waals surface area contributed by atoms with E-state index in [9.17, 15) is 0 Å². The van der Waals surface area contributed by atoms with E-state index in [-0.39, 0.29) is 0 Å². The van der Waals surface area contributed by atoms with Crippen molar-refractivity contribution in [3.63, 3.8) is 0 Å². The van der Waals surface area contributed by atoms with Gasteiger partial charge in [-0.25, -0.2) is 0 Å². The van der Waals surface area contributed by atoms with Crippen LogP contribution in [0.2, 0.25) is 0 Å². The maximum Gasteiger partial charge on any atom is 0.119 e. The first-order valence-electron chi connectivity index (χ1n) is 8.05. The Kier molecular flexibility index (Phi) is 5.19. The van der Waals surface area contributed by atoms with Crippen LogP contribution in [-0.4, -0.2) is 49.1 Å². The van der Waals surface area contributed by atoms with Crippen molar-refractivity contribution in [3.8, 4) is 5.75 Å². The fraction of sp³-hybridized carbons (Fsp3) is 0.647. The molecule has 0 amide bonds. The second-order valence-corrected chi connectivity index (χ2v) is 7.09. The van der Waals surface area contributed by atoms with Gasteiger partial charge in [-0.2, -0.15) is 0 Å². The second kappa shape index (κ2) is 7.12. The quantitative estimate of drug-likeness (QED) is 0.824. The van der Waals surface area contributed by atoms with Crippen LogP contribution < -0.4 is 4.74 Å². The summed E-state index contributed by atoms with van der Waals surface area (Å²) in [6.45, 7) is 6.05. The van der Waals surface area contributed by atoms with Gasteiger partial charge in [-0.1, -0.05) is 22.4 Å². The van der Waals surface area contributed by atoms with Gasteiger partial charge in [0, 0.05) is 30.1 Å². The minimum atomic E-state index is 0.773. The molecule has 21 heavy (non-hydrogen) atoms. The largest absolute Gasteiger partial charge is 0.497 e. The SMILES string of the molecule is COc1ccc(Br)c(CN2CCC(N3CCCCC3)C2)c1. The van der Waals surface area contributed by atoms with Crippen molar-refractivity contribution in [1.82, 2.24) is 9.80 Å². The zero-order valence-corrected chi connectivity index (χ0v) is 14.4. The average Bonchev–Trinajstić information content (AvgIpc) is 2.99. The topological polar surface area (TPSA) is 15.7 Å². The summed E-state index contributed by atoms with van der Waals surface area (Å²) >= 11 is 3.67. The van der Waals surface area contributed by atoms with Crippen molar-refractivity contribution >= 4 is 15.9 Å². The fourth-order valence-corrected chi connectivity index (χ4v) is 3.95. The smallest absolute Gasteiger partial charge is 0.119 e. The van der Waals surface area contributed by atoms with Crippen LogP contribution in [0.25, 0.3) is 0 Å². The van der Waals surface area contributed by atoms with Gasteiger partial charge in [-0.15, -0.1) is 0 Å². The second-order valence-electron chi connectivity index (χ2n) is 6.23. The van der Waals surface area contributed by atoms with Crippen LogP contribution in [0.5, 0.6) is 5.75 Å². The maximum absolute atomic E-state index is 5.34. The first-order chi connectivity index (χ1) is 10.3. The standard InChI is InChI=1S/C17H25BrN2O/c1-21-16-5-6-17(18)14(11-16)12-19-10-7-15(13-19)20-8-3-2-4-9-20/h5-6,11,15H,2-4,7-10,12-13H2,1H3. The molecule has 4 heteroatoms. The Bertz CT molecular complexity index is 474. The lowest BCUT2D eigenvalue weighted by Gasteiger charge is -2.32. The summed E-state index contributed by atoms with van der Waals surface area (Å²) in [5, 5.41) is 0. The van der Waals surface area contributed by atoms with Crippen molar-refractivity contribution in [1.29, 1.82) is 0 Å². The summed E-state index contributed by atoms with van der Waals surface area (Å²) in [6, 6.07) is 7.02. The van der Waals surface area contributed by atoms with E-state index in [0.717, 1.165) is 18.3 Å². The van der Waals surface area contributed by atoms with E-state index in [0.29, 0.717) is 0 Å². The van der Waals surface area contributed by atoms with Gasteiger partial charge in [0.15, 0.2) is 0 Å². The first kappa shape index (κ1) is 15.3. The Hall–Kier alpha value is -0.580. The highest BCUT2D eigenvalue weighted by Gasteiger charge is 2.28. The van der Waals surface area contributed by atoms with Crippen molar-refractivity contribution in [3.05, 3.63) is 28.2 Å². The molecule has 1 unspecified atom stereocenters. The Balaban J connectivity index is 1.59. The van der Waals surface area contributed by atoms with Gasteiger partial charge in [0.2, 0.25) is 0 Å². The minimum Gasteiger partial charge on any atom is -0.497 e. The molecular weight excluding hydrogens is 328 g/mol. The average molecular weight is 353 g/mol. The highest BCUT2D eigenvalue weighted by atomic mass is 79.9. The molecule has 2 aliphatic heterocycles. The number of nitrogens with zero attached hydrogens (tertiary/aromatic N) is 2. The number of likely N-dealkylation sites (tertiary alicyclic amines) is 2. The van der Waals surface area contributed by atoms with Gasteiger partial charge in [-0.3, -0.25) is 9.80 Å². The molecule has 0 aromatic heterocycles. The third-order valence-electron chi connectivity index (χ3n) is 4.80. The number of piperidine rings is 1. The van der Waals surface area contributed by atoms with Crippen LogP contribution >= 0.6 is 15.9 Å². The summed E-state index contributed by atoms with van der Waals surface area (Å²) in [5.74, 6) is 0.944. The monoisotopic (exact) mass is 352 g/mol. The number of benzene rings is 1. The molecule has 0 spiro atoms. The maximum atomic E-state index is 5.34. The molecular formula is C17H25BrN2O. The van der Waals surface area contributed by atoms with E-state index in [1.54, 1.807) is 7.11 Å². The molecule has 2 aliphatic rings. The molecule has 0 bridgehead atoms. The van der Waals surface area contributed by atoms with Gasteiger partial charge in [0.05, 0.1) is 7.11 Å². The third kappa shape index (κ3) is 3.79. The zero-order chi connectivity index (χ0) is 14.7. The van der Waals surface area contributed by atoms with E-state index in [4.69, 9.17) is 4.74 Å². The van der Waals surface area contributed by atoms with E-state index in [1.807, 2.05) is 6.07 Å². The Morgan fingerprint density at radius 1 is 1.19 bits per heavy atom. The predicted molar refractivity (Wildman–Crippen MR) is 89.8 cm³/mol. The highest BCUT2D eigenvalue weighted by molar-refractivity contribution is 9.10. The number of halogens is 1. The molecule has 2 fully saturated rings. The molecule has 116 valence electrons. The van der Waals surface area contributed by atoms with Gasteiger partial charge < -0.3 is 4.74 Å². The Morgan fingerprint density at radius 2 is 2.00 bits per heavy atom. The van der Waals surface area contributed by atoms with Crippen LogP contribution in [0.15, 0.2) is 22.7 Å². The summed E-state index contributed by atoms with van der Waals surface area (Å²) in [6.07, 6.45) is 5.52. The molecule has 0 saturated carbocycles.